The van der Waals surface area contributed by atoms with Crippen LogP contribution in [0.3, 0.4) is 0 Å². The molecule has 0 bridgehead atoms. The average Bonchev–Trinajstić information content (AvgIpc) is 3.12. The van der Waals surface area contributed by atoms with E-state index in [1.54, 1.807) is 0 Å². The van der Waals surface area contributed by atoms with E-state index in [9.17, 15) is 5.11 Å². The van der Waals surface area contributed by atoms with Crippen LogP contribution in [0.5, 0.6) is 0 Å². The fourth-order valence-corrected chi connectivity index (χ4v) is 2.17. The van der Waals surface area contributed by atoms with Gasteiger partial charge in [-0.05, 0) is 38.2 Å². The Morgan fingerprint density at radius 2 is 2.29 bits per heavy atom. The molecule has 2 rings (SSSR count). The van der Waals surface area contributed by atoms with Gasteiger partial charge in [-0.1, -0.05) is 13.0 Å². The molecular weight excluding hydrogens is 212 g/mol. The second kappa shape index (κ2) is 5.50. The summed E-state index contributed by atoms with van der Waals surface area (Å²) in [7, 11) is 0. The standard InChI is InChI=1S/C14H22N2O/c1-3-9-16(10-12-6-7-12)14-13(11(2)17)5-4-8-15-14/h4-5,8,11-12,17H,3,6-7,9-10H2,1-2H3. The summed E-state index contributed by atoms with van der Waals surface area (Å²) in [6.45, 7) is 6.10. The molecule has 1 fully saturated rings. The lowest BCUT2D eigenvalue weighted by atomic mass is 10.1. The summed E-state index contributed by atoms with van der Waals surface area (Å²) in [6, 6.07) is 3.87. The molecule has 1 N–H and O–H groups in total. The van der Waals surface area contributed by atoms with E-state index in [0.717, 1.165) is 36.8 Å². The summed E-state index contributed by atoms with van der Waals surface area (Å²) in [6.07, 6.45) is 5.17. The maximum absolute atomic E-state index is 9.80. The zero-order valence-electron chi connectivity index (χ0n) is 10.8. The van der Waals surface area contributed by atoms with Gasteiger partial charge in [0, 0.05) is 24.8 Å². The van der Waals surface area contributed by atoms with Gasteiger partial charge in [0.2, 0.25) is 0 Å². The second-order valence-electron chi connectivity index (χ2n) is 4.98. The molecule has 94 valence electrons. The van der Waals surface area contributed by atoms with Crippen molar-refractivity contribution in [2.75, 3.05) is 18.0 Å². The Morgan fingerprint density at radius 1 is 1.53 bits per heavy atom. The van der Waals surface area contributed by atoms with Gasteiger partial charge < -0.3 is 10.0 Å². The summed E-state index contributed by atoms with van der Waals surface area (Å²) >= 11 is 0. The average molecular weight is 234 g/mol. The van der Waals surface area contributed by atoms with Crippen LogP contribution in [0.25, 0.3) is 0 Å². The number of hydrogen-bond donors (Lipinski definition) is 1. The smallest absolute Gasteiger partial charge is 0.134 e. The highest BCUT2D eigenvalue weighted by atomic mass is 16.3. The van der Waals surface area contributed by atoms with Crippen LogP contribution in [0.1, 0.15) is 44.8 Å². The Morgan fingerprint density at radius 3 is 2.88 bits per heavy atom. The molecule has 1 saturated carbocycles. The third kappa shape index (κ3) is 3.19. The van der Waals surface area contributed by atoms with Crippen LogP contribution in [-0.2, 0) is 0 Å². The fraction of sp³-hybridized carbons (Fsp3) is 0.643. The summed E-state index contributed by atoms with van der Waals surface area (Å²) < 4.78 is 0. The Labute approximate surface area is 103 Å². The van der Waals surface area contributed by atoms with Crippen molar-refractivity contribution in [1.82, 2.24) is 4.98 Å². The predicted molar refractivity (Wildman–Crippen MR) is 70.1 cm³/mol. The van der Waals surface area contributed by atoms with Crippen LogP contribution in [0.15, 0.2) is 18.3 Å². The molecule has 0 amide bonds. The number of rotatable bonds is 6. The minimum Gasteiger partial charge on any atom is -0.389 e. The Kier molecular flexibility index (Phi) is 4.00. The second-order valence-corrected chi connectivity index (χ2v) is 4.98. The molecule has 0 radical (unpaired) electrons. The Hall–Kier alpha value is -1.09. The molecule has 3 nitrogen and oxygen atoms in total. The molecule has 1 aliphatic rings. The highest BCUT2D eigenvalue weighted by Gasteiger charge is 2.26. The van der Waals surface area contributed by atoms with E-state index in [0.29, 0.717) is 0 Å². The molecule has 1 heterocycles. The molecule has 1 aromatic heterocycles. The van der Waals surface area contributed by atoms with E-state index in [2.05, 4.69) is 16.8 Å². The third-order valence-corrected chi connectivity index (χ3v) is 3.24. The number of pyridine rings is 1. The summed E-state index contributed by atoms with van der Waals surface area (Å²) in [5.74, 6) is 1.81. The molecule has 1 unspecified atom stereocenters. The van der Waals surface area contributed by atoms with Gasteiger partial charge >= 0.3 is 0 Å². The minimum atomic E-state index is -0.447. The molecular formula is C14H22N2O. The molecule has 0 aliphatic heterocycles. The van der Waals surface area contributed by atoms with E-state index in [1.807, 2.05) is 25.3 Å². The first-order chi connectivity index (χ1) is 8.22. The maximum atomic E-state index is 9.80. The van der Waals surface area contributed by atoms with E-state index in [-0.39, 0.29) is 0 Å². The van der Waals surface area contributed by atoms with Crippen LogP contribution >= 0.6 is 0 Å². The molecule has 0 saturated heterocycles. The normalized spacial score (nSPS) is 16.9. The van der Waals surface area contributed by atoms with Crippen LogP contribution in [0.4, 0.5) is 5.82 Å². The summed E-state index contributed by atoms with van der Waals surface area (Å²) in [5, 5.41) is 9.80. The first-order valence-electron chi connectivity index (χ1n) is 6.60. The summed E-state index contributed by atoms with van der Waals surface area (Å²) in [5.41, 5.74) is 0.946. The van der Waals surface area contributed by atoms with Crippen molar-refractivity contribution in [1.29, 1.82) is 0 Å². The van der Waals surface area contributed by atoms with Gasteiger partial charge in [-0.25, -0.2) is 4.98 Å². The number of nitrogens with zero attached hydrogens (tertiary/aromatic N) is 2. The Bertz CT molecular complexity index is 361. The topological polar surface area (TPSA) is 36.4 Å². The third-order valence-electron chi connectivity index (χ3n) is 3.24. The number of aliphatic hydroxyl groups excluding tert-OH is 1. The molecule has 3 heteroatoms. The quantitative estimate of drug-likeness (QED) is 0.822. The number of anilines is 1. The van der Waals surface area contributed by atoms with Gasteiger partial charge in [-0.2, -0.15) is 0 Å². The SMILES string of the molecule is CCCN(CC1CC1)c1ncccc1C(C)O. The number of hydrogen-bond acceptors (Lipinski definition) is 3. The molecule has 0 spiro atoms. The molecule has 1 atom stereocenters. The number of aliphatic hydroxyl groups is 1. The van der Waals surface area contributed by atoms with Crippen molar-refractivity contribution in [3.63, 3.8) is 0 Å². The predicted octanol–water partition coefficient (Wildman–Crippen LogP) is 2.76. The van der Waals surface area contributed by atoms with Crippen molar-refractivity contribution in [2.45, 2.75) is 39.2 Å². The molecule has 0 aromatic carbocycles. The highest BCUT2D eigenvalue weighted by molar-refractivity contribution is 5.48. The van der Waals surface area contributed by atoms with Crippen LogP contribution in [-0.4, -0.2) is 23.2 Å². The zero-order valence-corrected chi connectivity index (χ0v) is 10.8. The lowest BCUT2D eigenvalue weighted by Gasteiger charge is -2.26. The largest absolute Gasteiger partial charge is 0.389 e. The van der Waals surface area contributed by atoms with E-state index < -0.39 is 6.10 Å². The summed E-state index contributed by atoms with van der Waals surface area (Å²) in [4.78, 5) is 6.80. The van der Waals surface area contributed by atoms with Gasteiger partial charge in [0.15, 0.2) is 0 Å². The van der Waals surface area contributed by atoms with Crippen LogP contribution in [0.2, 0.25) is 0 Å². The van der Waals surface area contributed by atoms with E-state index >= 15 is 0 Å². The molecule has 1 aliphatic carbocycles. The lowest BCUT2D eigenvalue weighted by Crippen LogP contribution is -2.28. The molecule has 17 heavy (non-hydrogen) atoms. The number of aromatic nitrogens is 1. The molecule has 1 aromatic rings. The monoisotopic (exact) mass is 234 g/mol. The lowest BCUT2D eigenvalue weighted by molar-refractivity contribution is 0.199. The van der Waals surface area contributed by atoms with Crippen LogP contribution < -0.4 is 4.90 Å². The fourth-order valence-electron chi connectivity index (χ4n) is 2.17. The first kappa shape index (κ1) is 12.4. The van der Waals surface area contributed by atoms with E-state index in [4.69, 9.17) is 0 Å². The minimum absolute atomic E-state index is 0.447. The van der Waals surface area contributed by atoms with Gasteiger partial charge in [0.1, 0.15) is 5.82 Å². The highest BCUT2D eigenvalue weighted by Crippen LogP contribution is 2.32. The van der Waals surface area contributed by atoms with Crippen molar-refractivity contribution in [2.24, 2.45) is 5.92 Å². The van der Waals surface area contributed by atoms with Crippen molar-refractivity contribution >= 4 is 5.82 Å². The van der Waals surface area contributed by atoms with Gasteiger partial charge in [-0.3, -0.25) is 0 Å². The van der Waals surface area contributed by atoms with Crippen molar-refractivity contribution < 1.29 is 5.11 Å². The zero-order chi connectivity index (χ0) is 12.3. The van der Waals surface area contributed by atoms with Crippen LogP contribution in [0, 0.1) is 5.92 Å². The maximum Gasteiger partial charge on any atom is 0.134 e. The van der Waals surface area contributed by atoms with Crippen molar-refractivity contribution in [3.05, 3.63) is 23.9 Å². The Balaban J connectivity index is 2.20. The first-order valence-corrected chi connectivity index (χ1v) is 6.60. The van der Waals surface area contributed by atoms with E-state index in [1.165, 1.54) is 12.8 Å². The van der Waals surface area contributed by atoms with Crippen molar-refractivity contribution in [3.8, 4) is 0 Å². The van der Waals surface area contributed by atoms with Gasteiger partial charge in [-0.15, -0.1) is 0 Å². The van der Waals surface area contributed by atoms with Gasteiger partial charge in [0.25, 0.3) is 0 Å². The van der Waals surface area contributed by atoms with Gasteiger partial charge in [0.05, 0.1) is 6.10 Å².